The van der Waals surface area contributed by atoms with E-state index in [4.69, 9.17) is 18.9 Å². The lowest BCUT2D eigenvalue weighted by Gasteiger charge is -2.17. The van der Waals surface area contributed by atoms with Crippen LogP contribution in [-0.4, -0.2) is 59.2 Å². The Labute approximate surface area is 176 Å². The van der Waals surface area contributed by atoms with Gasteiger partial charge in [0.2, 0.25) is 5.91 Å². The Morgan fingerprint density at radius 2 is 1.50 bits per heavy atom. The largest absolute Gasteiger partial charge is 0.497 e. The van der Waals surface area contributed by atoms with E-state index in [-0.39, 0.29) is 11.5 Å². The highest BCUT2D eigenvalue weighted by Crippen LogP contribution is 2.34. The van der Waals surface area contributed by atoms with Crippen LogP contribution in [0.1, 0.15) is 15.9 Å². The smallest absolute Gasteiger partial charge is 0.255 e. The second kappa shape index (κ2) is 10.2. The zero-order chi connectivity index (χ0) is 22.3. The first kappa shape index (κ1) is 22.6. The topological polar surface area (TPSA) is 86.3 Å². The number of ether oxygens (including phenoxy) is 4. The number of hydrogen-bond acceptors (Lipinski definition) is 6. The first-order chi connectivity index (χ1) is 14.3. The Morgan fingerprint density at radius 1 is 0.867 bits per heavy atom. The van der Waals surface area contributed by atoms with Crippen LogP contribution in [0.5, 0.6) is 23.0 Å². The first-order valence-electron chi connectivity index (χ1n) is 9.03. The van der Waals surface area contributed by atoms with Crippen molar-refractivity contribution in [2.45, 2.75) is 0 Å². The number of benzene rings is 2. The van der Waals surface area contributed by atoms with Crippen LogP contribution in [-0.2, 0) is 4.79 Å². The number of amides is 2. The minimum absolute atomic E-state index is 0.276. The molecule has 0 aliphatic heterocycles. The normalized spacial score (nSPS) is 10.5. The van der Waals surface area contributed by atoms with Gasteiger partial charge in [0.05, 0.1) is 39.7 Å². The van der Waals surface area contributed by atoms with Crippen molar-refractivity contribution in [2.24, 2.45) is 0 Å². The van der Waals surface area contributed by atoms with Gasteiger partial charge in [0, 0.05) is 31.8 Å². The Morgan fingerprint density at radius 3 is 2.07 bits per heavy atom. The van der Waals surface area contributed by atoms with Gasteiger partial charge in [-0.15, -0.1) is 0 Å². The van der Waals surface area contributed by atoms with Crippen LogP contribution in [0.4, 0.5) is 5.69 Å². The molecule has 0 bridgehead atoms. The summed E-state index contributed by atoms with van der Waals surface area (Å²) in [5, 5.41) is 2.73. The number of anilines is 1. The van der Waals surface area contributed by atoms with Crippen molar-refractivity contribution >= 4 is 23.6 Å². The van der Waals surface area contributed by atoms with E-state index >= 15 is 0 Å². The molecule has 0 fully saturated rings. The average molecular weight is 414 g/mol. The summed E-state index contributed by atoms with van der Waals surface area (Å²) in [6.45, 7) is 0. The van der Waals surface area contributed by atoms with Crippen molar-refractivity contribution in [3.05, 3.63) is 47.5 Å². The minimum atomic E-state index is -0.431. The highest BCUT2D eigenvalue weighted by atomic mass is 16.5. The molecule has 0 saturated carbocycles. The number of carbonyl (C=O) groups is 2. The zero-order valence-electron chi connectivity index (χ0n) is 17.9. The maximum Gasteiger partial charge on any atom is 0.255 e. The van der Waals surface area contributed by atoms with E-state index in [1.54, 1.807) is 58.7 Å². The summed E-state index contributed by atoms with van der Waals surface area (Å²) in [5.41, 5.74) is 1.25. The zero-order valence-corrected chi connectivity index (χ0v) is 17.9. The molecule has 0 aliphatic rings. The molecule has 8 heteroatoms. The molecule has 2 rings (SSSR count). The number of nitrogens with one attached hydrogen (secondary N) is 1. The summed E-state index contributed by atoms with van der Waals surface area (Å²) in [4.78, 5) is 26.6. The molecule has 0 atom stereocenters. The molecule has 0 spiro atoms. The lowest BCUT2D eigenvalue weighted by atomic mass is 10.1. The van der Waals surface area contributed by atoms with E-state index in [9.17, 15) is 9.59 Å². The predicted molar refractivity (Wildman–Crippen MR) is 115 cm³/mol. The molecule has 0 heterocycles. The number of carbonyl (C=O) groups excluding carboxylic acids is 2. The fourth-order valence-corrected chi connectivity index (χ4v) is 2.71. The molecule has 0 aliphatic carbocycles. The van der Waals surface area contributed by atoms with E-state index in [0.29, 0.717) is 34.2 Å². The predicted octanol–water partition coefficient (Wildman–Crippen LogP) is 3.07. The fraction of sp³-hybridized carbons (Fsp3) is 0.273. The maximum absolute atomic E-state index is 12.6. The molecule has 2 amide bonds. The van der Waals surface area contributed by atoms with Gasteiger partial charge in [-0.25, -0.2) is 0 Å². The van der Waals surface area contributed by atoms with E-state index in [0.717, 1.165) is 0 Å². The molecular formula is C22H26N2O6. The van der Waals surface area contributed by atoms with E-state index < -0.39 is 5.91 Å². The molecule has 2 aromatic carbocycles. The van der Waals surface area contributed by atoms with Crippen molar-refractivity contribution in [2.75, 3.05) is 47.9 Å². The highest BCUT2D eigenvalue weighted by Gasteiger charge is 2.19. The second-order valence-electron chi connectivity index (χ2n) is 6.38. The SMILES string of the molecule is COc1ccc(OC)c(/C=C/C(=O)Nc2cc(OC)c(OC)cc2C(=O)N(C)C)c1. The van der Waals surface area contributed by atoms with Crippen LogP contribution in [0, 0.1) is 0 Å². The fourth-order valence-electron chi connectivity index (χ4n) is 2.71. The van der Waals surface area contributed by atoms with Crippen LogP contribution >= 0.6 is 0 Å². The van der Waals surface area contributed by atoms with Crippen LogP contribution in [0.2, 0.25) is 0 Å². The molecule has 8 nitrogen and oxygen atoms in total. The molecule has 160 valence electrons. The third kappa shape index (κ3) is 5.22. The minimum Gasteiger partial charge on any atom is -0.497 e. The van der Waals surface area contributed by atoms with Crippen LogP contribution in [0.25, 0.3) is 6.08 Å². The second-order valence-corrected chi connectivity index (χ2v) is 6.38. The quantitative estimate of drug-likeness (QED) is 0.668. The Hall–Kier alpha value is -3.68. The molecule has 0 unspecified atom stereocenters. The Balaban J connectivity index is 2.36. The van der Waals surface area contributed by atoms with Gasteiger partial charge in [0.15, 0.2) is 11.5 Å². The summed E-state index contributed by atoms with van der Waals surface area (Å²) in [7, 11) is 9.31. The van der Waals surface area contributed by atoms with E-state index in [1.807, 2.05) is 0 Å². The Kier molecular flexibility index (Phi) is 7.69. The lowest BCUT2D eigenvalue weighted by molar-refractivity contribution is -0.111. The summed E-state index contributed by atoms with van der Waals surface area (Å²) in [5.74, 6) is 1.28. The lowest BCUT2D eigenvalue weighted by Crippen LogP contribution is -2.24. The van der Waals surface area contributed by atoms with Crippen molar-refractivity contribution in [1.82, 2.24) is 4.90 Å². The summed E-state index contributed by atoms with van der Waals surface area (Å²) < 4.78 is 21.1. The third-order valence-corrected chi connectivity index (χ3v) is 4.27. The van der Waals surface area contributed by atoms with Gasteiger partial charge in [-0.1, -0.05) is 0 Å². The monoisotopic (exact) mass is 414 g/mol. The summed E-state index contributed by atoms with van der Waals surface area (Å²) in [6.07, 6.45) is 2.95. The van der Waals surface area contributed by atoms with Gasteiger partial charge in [-0.2, -0.15) is 0 Å². The first-order valence-corrected chi connectivity index (χ1v) is 9.03. The average Bonchev–Trinajstić information content (AvgIpc) is 2.76. The van der Waals surface area contributed by atoms with Crippen molar-refractivity contribution in [3.8, 4) is 23.0 Å². The molecule has 30 heavy (non-hydrogen) atoms. The van der Waals surface area contributed by atoms with Gasteiger partial charge in [-0.05, 0) is 30.3 Å². The number of methoxy groups -OCH3 is 4. The van der Waals surface area contributed by atoms with Gasteiger partial charge in [-0.3, -0.25) is 9.59 Å². The molecule has 0 aromatic heterocycles. The summed E-state index contributed by atoms with van der Waals surface area (Å²) >= 11 is 0. The number of rotatable bonds is 8. The summed E-state index contributed by atoms with van der Waals surface area (Å²) in [6, 6.07) is 8.34. The Bertz CT molecular complexity index is 953. The molecule has 0 radical (unpaired) electrons. The number of hydrogen-bond donors (Lipinski definition) is 1. The number of nitrogens with zero attached hydrogens (tertiary/aromatic N) is 1. The molecule has 0 saturated heterocycles. The molecule has 2 aromatic rings. The van der Waals surface area contributed by atoms with Crippen molar-refractivity contribution < 1.29 is 28.5 Å². The van der Waals surface area contributed by atoms with E-state index in [2.05, 4.69) is 5.32 Å². The van der Waals surface area contributed by atoms with Crippen LogP contribution in [0.15, 0.2) is 36.4 Å². The van der Waals surface area contributed by atoms with Gasteiger partial charge < -0.3 is 29.2 Å². The van der Waals surface area contributed by atoms with Gasteiger partial charge in [0.25, 0.3) is 5.91 Å². The van der Waals surface area contributed by atoms with Crippen molar-refractivity contribution in [3.63, 3.8) is 0 Å². The van der Waals surface area contributed by atoms with Crippen molar-refractivity contribution in [1.29, 1.82) is 0 Å². The highest BCUT2D eigenvalue weighted by molar-refractivity contribution is 6.08. The third-order valence-electron chi connectivity index (χ3n) is 4.27. The van der Waals surface area contributed by atoms with Crippen LogP contribution in [0.3, 0.4) is 0 Å². The van der Waals surface area contributed by atoms with Gasteiger partial charge in [0.1, 0.15) is 11.5 Å². The van der Waals surface area contributed by atoms with Gasteiger partial charge >= 0.3 is 0 Å². The van der Waals surface area contributed by atoms with E-state index in [1.165, 1.54) is 31.3 Å². The standard InChI is InChI=1S/C22H26N2O6/c1-24(2)22(26)16-12-19(29-5)20(30-6)13-17(16)23-21(25)10-7-14-11-15(27-3)8-9-18(14)28-4/h7-13H,1-6H3,(H,23,25)/b10-7+. The molecule has 1 N–H and O–H groups in total. The van der Waals surface area contributed by atoms with Crippen LogP contribution < -0.4 is 24.3 Å². The maximum atomic E-state index is 12.6. The molecular weight excluding hydrogens is 388 g/mol.